The molecule has 1 aromatic heterocycles. The van der Waals surface area contributed by atoms with Crippen molar-refractivity contribution < 1.29 is 4.79 Å². The molecule has 0 aliphatic carbocycles. The van der Waals surface area contributed by atoms with Gasteiger partial charge in [-0.3, -0.25) is 4.79 Å². The van der Waals surface area contributed by atoms with Crippen LogP contribution in [0.25, 0.3) is 0 Å². The Hall–Kier alpha value is -0.870. The molecule has 0 atom stereocenters. The molecule has 6 heteroatoms. The topological polar surface area (TPSA) is 54.9 Å². The molecule has 0 fully saturated rings. The van der Waals surface area contributed by atoms with Gasteiger partial charge in [0.25, 0.3) is 0 Å². The second-order valence-corrected chi connectivity index (χ2v) is 4.35. The molecule has 1 aromatic rings. The van der Waals surface area contributed by atoms with E-state index in [0.717, 1.165) is 0 Å². The molecule has 0 spiro atoms. The number of nitrogens with one attached hydrogen (secondary N) is 1. The summed E-state index contributed by atoms with van der Waals surface area (Å²) in [5, 5.41) is 2.90. The molecule has 1 N–H and O–H groups in total. The lowest BCUT2D eigenvalue weighted by molar-refractivity contribution is -0.123. The van der Waals surface area contributed by atoms with Gasteiger partial charge in [0, 0.05) is 11.9 Å². The van der Waals surface area contributed by atoms with E-state index in [4.69, 9.17) is 23.2 Å². The van der Waals surface area contributed by atoms with E-state index in [-0.39, 0.29) is 16.9 Å². The zero-order valence-electron chi connectivity index (χ0n) is 8.42. The quantitative estimate of drug-likeness (QED) is 0.659. The van der Waals surface area contributed by atoms with E-state index >= 15 is 0 Å². The van der Waals surface area contributed by atoms with Crippen LogP contribution in [-0.4, -0.2) is 21.8 Å². The molecule has 0 aliphatic rings. The summed E-state index contributed by atoms with van der Waals surface area (Å²) >= 11 is 11.3. The predicted molar refractivity (Wildman–Crippen MR) is 60.2 cm³/mol. The summed E-state index contributed by atoms with van der Waals surface area (Å²) in [7, 11) is 0. The summed E-state index contributed by atoms with van der Waals surface area (Å²) in [4.78, 5) is 19.2. The smallest absolute Gasteiger partial charge is 0.232 e. The monoisotopic (exact) mass is 247 g/mol. The first-order chi connectivity index (χ1) is 6.95. The van der Waals surface area contributed by atoms with Crippen LogP contribution in [-0.2, 0) is 4.79 Å². The zero-order chi connectivity index (χ0) is 11.5. The molecule has 82 valence electrons. The van der Waals surface area contributed by atoms with Gasteiger partial charge in [-0.15, -0.1) is 11.6 Å². The number of halogens is 2. The number of rotatable bonds is 3. The van der Waals surface area contributed by atoms with Crippen LogP contribution in [0.15, 0.2) is 12.4 Å². The van der Waals surface area contributed by atoms with Crippen LogP contribution in [0.2, 0.25) is 5.15 Å². The minimum absolute atomic E-state index is 0.202. The van der Waals surface area contributed by atoms with Gasteiger partial charge in [0.05, 0.1) is 5.41 Å². The average Bonchev–Trinajstić information content (AvgIpc) is 2.17. The second kappa shape index (κ2) is 4.77. The van der Waals surface area contributed by atoms with Crippen molar-refractivity contribution in [3.8, 4) is 0 Å². The van der Waals surface area contributed by atoms with Crippen molar-refractivity contribution in [2.24, 2.45) is 5.41 Å². The summed E-state index contributed by atoms with van der Waals surface area (Å²) in [6.45, 7) is 3.50. The Kier molecular flexibility index (Phi) is 3.88. The largest absolute Gasteiger partial charge is 0.310 e. The normalized spacial score (nSPS) is 11.2. The SMILES string of the molecule is CC(C)(CCl)C(=O)Nc1cc(Cl)ncn1. The molecule has 1 heterocycles. The van der Waals surface area contributed by atoms with Crippen LogP contribution >= 0.6 is 23.2 Å². The second-order valence-electron chi connectivity index (χ2n) is 3.70. The number of nitrogens with zero attached hydrogens (tertiary/aromatic N) is 2. The first-order valence-electron chi connectivity index (χ1n) is 4.30. The van der Waals surface area contributed by atoms with E-state index in [1.165, 1.54) is 12.4 Å². The molecule has 0 bridgehead atoms. The third-order valence-corrected chi connectivity index (χ3v) is 2.70. The molecule has 0 radical (unpaired) electrons. The summed E-state index contributed by atoms with van der Waals surface area (Å²) in [6.07, 6.45) is 1.28. The van der Waals surface area contributed by atoms with E-state index in [2.05, 4.69) is 15.3 Å². The van der Waals surface area contributed by atoms with Gasteiger partial charge in [-0.25, -0.2) is 9.97 Å². The van der Waals surface area contributed by atoms with Crippen molar-refractivity contribution in [3.05, 3.63) is 17.5 Å². The fourth-order valence-corrected chi connectivity index (χ4v) is 1.02. The van der Waals surface area contributed by atoms with Gasteiger partial charge in [0.1, 0.15) is 17.3 Å². The van der Waals surface area contributed by atoms with Gasteiger partial charge in [-0.2, -0.15) is 0 Å². The molecule has 1 amide bonds. The lowest BCUT2D eigenvalue weighted by atomic mass is 9.95. The number of amides is 1. The molecule has 15 heavy (non-hydrogen) atoms. The van der Waals surface area contributed by atoms with Crippen molar-refractivity contribution in [1.29, 1.82) is 0 Å². The van der Waals surface area contributed by atoms with Crippen LogP contribution in [0, 0.1) is 5.41 Å². The lowest BCUT2D eigenvalue weighted by Gasteiger charge is -2.19. The number of hydrogen-bond acceptors (Lipinski definition) is 3. The lowest BCUT2D eigenvalue weighted by Crippen LogP contribution is -2.32. The van der Waals surface area contributed by atoms with E-state index < -0.39 is 5.41 Å². The van der Waals surface area contributed by atoms with Crippen LogP contribution < -0.4 is 5.32 Å². The Morgan fingerprint density at radius 3 is 2.73 bits per heavy atom. The number of alkyl halides is 1. The summed E-state index contributed by atoms with van der Waals surface area (Å²) in [6, 6.07) is 1.48. The molecular weight excluding hydrogens is 237 g/mol. The summed E-state index contributed by atoms with van der Waals surface area (Å²) in [5.74, 6) is 0.405. The number of hydrogen-bond donors (Lipinski definition) is 1. The Bertz CT molecular complexity index is 368. The summed E-state index contributed by atoms with van der Waals surface area (Å²) in [5.41, 5.74) is -0.640. The Morgan fingerprint density at radius 2 is 2.20 bits per heavy atom. The fraction of sp³-hybridized carbons (Fsp3) is 0.444. The van der Waals surface area contributed by atoms with Gasteiger partial charge in [-0.1, -0.05) is 11.6 Å². The van der Waals surface area contributed by atoms with E-state index in [9.17, 15) is 4.79 Å². The highest BCUT2D eigenvalue weighted by atomic mass is 35.5. The third-order valence-electron chi connectivity index (χ3n) is 1.82. The number of aromatic nitrogens is 2. The van der Waals surface area contributed by atoms with Crippen molar-refractivity contribution in [2.45, 2.75) is 13.8 Å². The highest BCUT2D eigenvalue weighted by molar-refractivity contribution is 6.29. The number of carbonyl (C=O) groups is 1. The average molecular weight is 248 g/mol. The van der Waals surface area contributed by atoms with Crippen molar-refractivity contribution >= 4 is 34.9 Å². The van der Waals surface area contributed by atoms with Crippen molar-refractivity contribution in [2.75, 3.05) is 11.2 Å². The van der Waals surface area contributed by atoms with Crippen molar-refractivity contribution in [1.82, 2.24) is 9.97 Å². The molecular formula is C9H11Cl2N3O. The highest BCUT2D eigenvalue weighted by Crippen LogP contribution is 2.19. The minimum atomic E-state index is -0.640. The van der Waals surface area contributed by atoms with Crippen LogP contribution in [0.4, 0.5) is 5.82 Å². The maximum absolute atomic E-state index is 11.7. The van der Waals surface area contributed by atoms with Crippen molar-refractivity contribution in [3.63, 3.8) is 0 Å². The first-order valence-corrected chi connectivity index (χ1v) is 5.22. The third kappa shape index (κ3) is 3.32. The van der Waals surface area contributed by atoms with Crippen LogP contribution in [0.5, 0.6) is 0 Å². The number of carbonyl (C=O) groups excluding carboxylic acids is 1. The zero-order valence-corrected chi connectivity index (χ0v) is 9.93. The maximum Gasteiger partial charge on any atom is 0.232 e. The fourth-order valence-electron chi connectivity index (χ4n) is 0.748. The maximum atomic E-state index is 11.7. The van der Waals surface area contributed by atoms with Crippen LogP contribution in [0.1, 0.15) is 13.8 Å². The molecule has 0 aromatic carbocycles. The molecule has 4 nitrogen and oxygen atoms in total. The Balaban J connectivity index is 2.75. The van der Waals surface area contributed by atoms with Gasteiger partial charge in [0.2, 0.25) is 5.91 Å². The van der Waals surface area contributed by atoms with Gasteiger partial charge in [0.15, 0.2) is 0 Å². The molecule has 0 unspecified atom stereocenters. The first kappa shape index (κ1) is 12.2. The molecule has 1 rings (SSSR count). The highest BCUT2D eigenvalue weighted by Gasteiger charge is 2.26. The van der Waals surface area contributed by atoms with Gasteiger partial charge >= 0.3 is 0 Å². The number of anilines is 1. The van der Waals surface area contributed by atoms with Gasteiger partial charge in [-0.05, 0) is 13.8 Å². The Labute approximate surface area is 98.0 Å². The van der Waals surface area contributed by atoms with Gasteiger partial charge < -0.3 is 5.32 Å². The van der Waals surface area contributed by atoms with Crippen LogP contribution in [0.3, 0.4) is 0 Å². The van der Waals surface area contributed by atoms with E-state index in [1.54, 1.807) is 13.8 Å². The van der Waals surface area contributed by atoms with E-state index in [0.29, 0.717) is 5.82 Å². The van der Waals surface area contributed by atoms with E-state index in [1.807, 2.05) is 0 Å². The molecule has 0 aliphatic heterocycles. The molecule has 0 saturated heterocycles. The Morgan fingerprint density at radius 1 is 1.53 bits per heavy atom. The minimum Gasteiger partial charge on any atom is -0.310 e. The standard InChI is InChI=1S/C9H11Cl2N3O/c1-9(2,4-10)8(15)14-7-3-6(11)12-5-13-7/h3,5H,4H2,1-2H3,(H,12,13,14,15). The summed E-state index contributed by atoms with van der Waals surface area (Å²) < 4.78 is 0. The predicted octanol–water partition coefficient (Wildman–Crippen LogP) is 2.33. The molecule has 0 saturated carbocycles.